The fourth-order valence-corrected chi connectivity index (χ4v) is 4.93. The van der Waals surface area contributed by atoms with Crippen LogP contribution in [0.1, 0.15) is 0 Å². The lowest BCUT2D eigenvalue weighted by molar-refractivity contribution is 1.02. The van der Waals surface area contributed by atoms with Crippen LogP contribution < -0.4 is 0 Å². The number of aryl methyl sites for hydroxylation is 1. The molecule has 0 bridgehead atoms. The van der Waals surface area contributed by atoms with E-state index in [4.69, 9.17) is 0 Å². The van der Waals surface area contributed by atoms with E-state index in [0.717, 1.165) is 0 Å². The molecule has 0 spiro atoms. The second-order valence-corrected chi connectivity index (χ2v) is 7.83. The SMILES string of the molecule is Cn1c2ccccc2c2c(-c3ccccc3)c(-c3ccccc3)c3ccccc3c21. The Kier molecular flexibility index (Phi) is 3.75. The molecule has 0 N–H and O–H groups in total. The van der Waals surface area contributed by atoms with Crippen molar-refractivity contribution in [3.63, 3.8) is 0 Å². The predicted molar refractivity (Wildman–Crippen MR) is 129 cm³/mol. The van der Waals surface area contributed by atoms with Gasteiger partial charge in [0.1, 0.15) is 0 Å². The summed E-state index contributed by atoms with van der Waals surface area (Å²) in [6.45, 7) is 0. The maximum atomic E-state index is 2.36. The molecule has 5 aromatic carbocycles. The highest BCUT2D eigenvalue weighted by Gasteiger charge is 2.21. The van der Waals surface area contributed by atoms with Crippen LogP contribution in [0.25, 0.3) is 54.8 Å². The average Bonchev–Trinajstić information content (AvgIpc) is 3.12. The quantitative estimate of drug-likeness (QED) is 0.287. The molecule has 0 radical (unpaired) electrons. The number of para-hydroxylation sites is 1. The summed E-state index contributed by atoms with van der Waals surface area (Å²) in [7, 11) is 2.19. The van der Waals surface area contributed by atoms with E-state index in [-0.39, 0.29) is 0 Å². The third-order valence-electron chi connectivity index (χ3n) is 6.18. The smallest absolute Gasteiger partial charge is 0.0575 e. The molecule has 0 unspecified atom stereocenters. The van der Waals surface area contributed by atoms with Crippen LogP contribution >= 0.6 is 0 Å². The Morgan fingerprint density at radius 2 is 0.967 bits per heavy atom. The van der Waals surface area contributed by atoms with Crippen LogP contribution in [0.5, 0.6) is 0 Å². The predicted octanol–water partition coefficient (Wildman–Crippen LogP) is 7.82. The zero-order valence-corrected chi connectivity index (χ0v) is 16.8. The van der Waals surface area contributed by atoms with Crippen LogP contribution in [0, 0.1) is 0 Å². The number of rotatable bonds is 2. The number of aromatic nitrogens is 1. The van der Waals surface area contributed by atoms with E-state index < -0.39 is 0 Å². The van der Waals surface area contributed by atoms with Crippen molar-refractivity contribution in [2.45, 2.75) is 0 Å². The van der Waals surface area contributed by atoms with Crippen molar-refractivity contribution >= 4 is 32.6 Å². The van der Waals surface area contributed by atoms with Gasteiger partial charge < -0.3 is 4.57 Å². The summed E-state index contributed by atoms with van der Waals surface area (Å²) in [6, 6.07) is 39.2. The molecule has 1 aromatic heterocycles. The van der Waals surface area contributed by atoms with Crippen molar-refractivity contribution in [2.75, 3.05) is 0 Å². The van der Waals surface area contributed by atoms with E-state index in [1.807, 2.05) is 0 Å². The molecule has 0 aliphatic carbocycles. The molecular formula is C29H21N. The second kappa shape index (κ2) is 6.60. The van der Waals surface area contributed by atoms with Crippen LogP contribution in [-0.2, 0) is 7.05 Å². The highest BCUT2D eigenvalue weighted by molar-refractivity contribution is 6.28. The fourth-order valence-electron chi connectivity index (χ4n) is 4.93. The van der Waals surface area contributed by atoms with Gasteiger partial charge in [0.05, 0.1) is 5.52 Å². The lowest BCUT2D eigenvalue weighted by Crippen LogP contribution is -1.93. The van der Waals surface area contributed by atoms with Crippen LogP contribution in [0.3, 0.4) is 0 Å². The van der Waals surface area contributed by atoms with Crippen LogP contribution in [0.15, 0.2) is 109 Å². The minimum absolute atomic E-state index is 1.25. The minimum Gasteiger partial charge on any atom is -0.343 e. The molecule has 6 rings (SSSR count). The van der Waals surface area contributed by atoms with E-state index >= 15 is 0 Å². The Morgan fingerprint density at radius 3 is 1.63 bits per heavy atom. The van der Waals surface area contributed by atoms with Crippen molar-refractivity contribution in [1.82, 2.24) is 4.57 Å². The largest absolute Gasteiger partial charge is 0.343 e. The van der Waals surface area contributed by atoms with Crippen molar-refractivity contribution in [2.24, 2.45) is 7.05 Å². The fraction of sp³-hybridized carbons (Fsp3) is 0.0345. The Hall–Kier alpha value is -3.84. The minimum atomic E-state index is 1.25. The molecule has 0 atom stereocenters. The van der Waals surface area contributed by atoms with Crippen LogP contribution in [0.2, 0.25) is 0 Å². The lowest BCUT2D eigenvalue weighted by Gasteiger charge is -2.17. The number of hydrogen-bond donors (Lipinski definition) is 0. The van der Waals surface area contributed by atoms with E-state index in [9.17, 15) is 0 Å². The molecule has 0 amide bonds. The molecule has 1 heteroatoms. The number of benzene rings is 5. The van der Waals surface area contributed by atoms with E-state index in [1.54, 1.807) is 0 Å². The highest BCUT2D eigenvalue weighted by atomic mass is 14.9. The molecule has 6 aromatic rings. The first-order chi connectivity index (χ1) is 14.8. The Balaban J connectivity index is 1.97. The third-order valence-corrected chi connectivity index (χ3v) is 6.18. The maximum absolute atomic E-state index is 2.36. The molecule has 0 saturated heterocycles. The molecule has 0 aliphatic heterocycles. The summed E-state index contributed by atoms with van der Waals surface area (Å²) in [5, 5.41) is 5.22. The topological polar surface area (TPSA) is 4.93 Å². The van der Waals surface area contributed by atoms with Gasteiger partial charge in [-0.25, -0.2) is 0 Å². The third kappa shape index (κ3) is 2.36. The second-order valence-electron chi connectivity index (χ2n) is 7.83. The maximum Gasteiger partial charge on any atom is 0.0575 e. The van der Waals surface area contributed by atoms with Gasteiger partial charge in [-0.3, -0.25) is 0 Å². The summed E-state index contributed by atoms with van der Waals surface area (Å²) < 4.78 is 2.36. The first-order valence-electron chi connectivity index (χ1n) is 10.4. The van der Waals surface area contributed by atoms with Crippen LogP contribution in [-0.4, -0.2) is 4.57 Å². The van der Waals surface area contributed by atoms with E-state index in [2.05, 4.69) is 121 Å². The van der Waals surface area contributed by atoms with Gasteiger partial charge >= 0.3 is 0 Å². The summed E-state index contributed by atoms with van der Waals surface area (Å²) >= 11 is 0. The molecule has 0 aliphatic rings. The zero-order valence-electron chi connectivity index (χ0n) is 16.8. The normalized spacial score (nSPS) is 11.5. The summed E-state index contributed by atoms with van der Waals surface area (Å²) in [6.07, 6.45) is 0. The summed E-state index contributed by atoms with van der Waals surface area (Å²) in [4.78, 5) is 0. The number of hydrogen-bond acceptors (Lipinski definition) is 0. The molecule has 0 saturated carbocycles. The van der Waals surface area contributed by atoms with Gasteiger partial charge in [0.25, 0.3) is 0 Å². The lowest BCUT2D eigenvalue weighted by atomic mass is 9.86. The molecule has 1 heterocycles. The molecule has 1 nitrogen and oxygen atoms in total. The van der Waals surface area contributed by atoms with E-state index in [0.29, 0.717) is 0 Å². The number of nitrogens with zero attached hydrogens (tertiary/aromatic N) is 1. The molecule has 142 valence electrons. The van der Waals surface area contributed by atoms with Gasteiger partial charge in [0.15, 0.2) is 0 Å². The average molecular weight is 383 g/mol. The summed E-state index contributed by atoms with van der Waals surface area (Å²) in [5.41, 5.74) is 7.68. The molecular weight excluding hydrogens is 362 g/mol. The van der Waals surface area contributed by atoms with E-state index in [1.165, 1.54) is 54.8 Å². The van der Waals surface area contributed by atoms with Crippen molar-refractivity contribution in [1.29, 1.82) is 0 Å². The Morgan fingerprint density at radius 1 is 0.467 bits per heavy atom. The highest BCUT2D eigenvalue weighted by Crippen LogP contribution is 2.47. The monoisotopic (exact) mass is 383 g/mol. The van der Waals surface area contributed by atoms with Gasteiger partial charge in [-0.15, -0.1) is 0 Å². The van der Waals surface area contributed by atoms with Gasteiger partial charge in [-0.05, 0) is 28.1 Å². The summed E-state index contributed by atoms with van der Waals surface area (Å²) in [5.74, 6) is 0. The Labute approximate surface area is 175 Å². The first-order valence-corrected chi connectivity index (χ1v) is 10.4. The number of fused-ring (bicyclic) bond motifs is 5. The zero-order chi connectivity index (χ0) is 20.1. The van der Waals surface area contributed by atoms with Gasteiger partial charge in [-0.1, -0.05) is 103 Å². The standard InChI is InChI=1S/C29H21N/c1-30-25-19-11-10-18-24(25)28-27(21-14-6-3-7-15-21)26(20-12-4-2-5-13-20)22-16-8-9-17-23(22)29(28)30/h2-19H,1H3. The van der Waals surface area contributed by atoms with Crippen LogP contribution in [0.4, 0.5) is 0 Å². The van der Waals surface area contributed by atoms with Gasteiger partial charge in [0.2, 0.25) is 0 Å². The Bertz CT molecular complexity index is 1520. The molecule has 0 fully saturated rings. The molecule has 30 heavy (non-hydrogen) atoms. The van der Waals surface area contributed by atoms with Crippen molar-refractivity contribution < 1.29 is 0 Å². The first kappa shape index (κ1) is 17.1. The van der Waals surface area contributed by atoms with Gasteiger partial charge in [-0.2, -0.15) is 0 Å². The van der Waals surface area contributed by atoms with Crippen molar-refractivity contribution in [3.05, 3.63) is 109 Å². The van der Waals surface area contributed by atoms with Gasteiger partial charge in [0, 0.05) is 34.3 Å². The van der Waals surface area contributed by atoms with Crippen molar-refractivity contribution in [3.8, 4) is 22.3 Å².